The number of hydrogen-bond donors (Lipinski definition) is 0. The predicted molar refractivity (Wildman–Crippen MR) is 63.4 cm³/mol. The Hall–Kier alpha value is -1.61. The van der Waals surface area contributed by atoms with E-state index in [4.69, 9.17) is 16.3 Å². The van der Waals surface area contributed by atoms with E-state index < -0.39 is 11.6 Å². The minimum Gasteiger partial charge on any atom is -0.497 e. The molecule has 0 saturated heterocycles. The summed E-state index contributed by atoms with van der Waals surface area (Å²) in [6.07, 6.45) is 0. The Morgan fingerprint density at radius 3 is 2.53 bits per heavy atom. The van der Waals surface area contributed by atoms with Crippen LogP contribution in [0.2, 0.25) is 5.02 Å². The van der Waals surface area contributed by atoms with Gasteiger partial charge in [0.05, 0.1) is 12.1 Å². The maximum absolute atomic E-state index is 13.7. The fourth-order valence-corrected chi connectivity index (χ4v) is 1.87. The Morgan fingerprint density at radius 2 is 1.88 bits per heavy atom. The molecule has 0 atom stereocenters. The zero-order chi connectivity index (χ0) is 12.4. The summed E-state index contributed by atoms with van der Waals surface area (Å²) in [6.45, 7) is 0. The molecule has 0 N–H and O–H groups in total. The first-order valence-electron chi connectivity index (χ1n) is 4.91. The Labute approximate surface area is 103 Å². The van der Waals surface area contributed by atoms with E-state index in [9.17, 15) is 8.78 Å². The van der Waals surface area contributed by atoms with Gasteiger partial charge in [-0.25, -0.2) is 8.78 Å². The molecule has 17 heavy (non-hydrogen) atoms. The van der Waals surface area contributed by atoms with Gasteiger partial charge in [0.25, 0.3) is 0 Å². The number of halogens is 3. The molecule has 2 aromatic carbocycles. The van der Waals surface area contributed by atoms with Gasteiger partial charge in [0.1, 0.15) is 17.4 Å². The highest BCUT2D eigenvalue weighted by Crippen LogP contribution is 2.33. The number of rotatable bonds is 2. The molecule has 0 bridgehead atoms. The molecule has 0 aliphatic rings. The zero-order valence-electron chi connectivity index (χ0n) is 9.01. The third-order valence-electron chi connectivity index (χ3n) is 2.36. The lowest BCUT2D eigenvalue weighted by atomic mass is 10.0. The van der Waals surface area contributed by atoms with Crippen molar-refractivity contribution in [1.29, 1.82) is 0 Å². The number of methoxy groups -OCH3 is 1. The van der Waals surface area contributed by atoms with Crippen LogP contribution in [0.1, 0.15) is 0 Å². The van der Waals surface area contributed by atoms with E-state index >= 15 is 0 Å². The van der Waals surface area contributed by atoms with E-state index in [0.717, 1.165) is 0 Å². The Bertz CT molecular complexity index is 535. The van der Waals surface area contributed by atoms with Gasteiger partial charge in [-0.15, -0.1) is 0 Å². The van der Waals surface area contributed by atoms with E-state index in [-0.39, 0.29) is 10.6 Å². The SMILES string of the molecule is COc1cc(F)cc(-c2c(F)cccc2Cl)c1. The molecular weight excluding hydrogens is 246 g/mol. The Kier molecular flexibility index (Phi) is 3.29. The number of benzene rings is 2. The van der Waals surface area contributed by atoms with Crippen molar-refractivity contribution in [3.05, 3.63) is 53.1 Å². The van der Waals surface area contributed by atoms with E-state index in [1.807, 2.05) is 0 Å². The van der Waals surface area contributed by atoms with Crippen LogP contribution in [0.4, 0.5) is 8.78 Å². The molecule has 0 aliphatic heterocycles. The molecule has 2 rings (SSSR count). The molecule has 1 nitrogen and oxygen atoms in total. The van der Waals surface area contributed by atoms with Crippen molar-refractivity contribution in [2.24, 2.45) is 0 Å². The molecule has 88 valence electrons. The lowest BCUT2D eigenvalue weighted by Gasteiger charge is -2.08. The van der Waals surface area contributed by atoms with Gasteiger partial charge in [-0.3, -0.25) is 0 Å². The molecule has 0 fully saturated rings. The van der Waals surface area contributed by atoms with Crippen LogP contribution in [0.15, 0.2) is 36.4 Å². The second-order valence-corrected chi connectivity index (χ2v) is 3.88. The normalized spacial score (nSPS) is 10.4. The lowest BCUT2D eigenvalue weighted by molar-refractivity contribution is 0.411. The van der Waals surface area contributed by atoms with Crippen LogP contribution in [0, 0.1) is 11.6 Å². The Balaban J connectivity index is 2.64. The summed E-state index contributed by atoms with van der Waals surface area (Å²) < 4.78 is 31.9. The first kappa shape index (κ1) is 11.9. The minimum atomic E-state index is -0.501. The zero-order valence-corrected chi connectivity index (χ0v) is 9.76. The van der Waals surface area contributed by atoms with Crippen molar-refractivity contribution < 1.29 is 13.5 Å². The van der Waals surface area contributed by atoms with Crippen molar-refractivity contribution in [3.8, 4) is 16.9 Å². The summed E-state index contributed by atoms with van der Waals surface area (Å²) in [5, 5.41) is 0.234. The molecule has 0 saturated carbocycles. The maximum atomic E-state index is 13.7. The molecule has 0 aromatic heterocycles. The smallest absolute Gasteiger partial charge is 0.132 e. The molecule has 0 aliphatic carbocycles. The maximum Gasteiger partial charge on any atom is 0.132 e. The third-order valence-corrected chi connectivity index (χ3v) is 2.67. The third kappa shape index (κ3) is 2.39. The summed E-state index contributed by atoms with van der Waals surface area (Å²) in [5.74, 6) is -0.678. The van der Waals surface area contributed by atoms with Crippen molar-refractivity contribution >= 4 is 11.6 Å². The van der Waals surface area contributed by atoms with Crippen LogP contribution in [0.5, 0.6) is 5.75 Å². The predicted octanol–water partition coefficient (Wildman–Crippen LogP) is 4.29. The average Bonchev–Trinajstić information content (AvgIpc) is 2.28. The van der Waals surface area contributed by atoms with Gasteiger partial charge in [0, 0.05) is 11.6 Å². The molecule has 0 heterocycles. The second-order valence-electron chi connectivity index (χ2n) is 3.48. The van der Waals surface area contributed by atoms with Gasteiger partial charge < -0.3 is 4.74 Å². The van der Waals surface area contributed by atoms with Crippen molar-refractivity contribution in [1.82, 2.24) is 0 Å². The van der Waals surface area contributed by atoms with Crippen LogP contribution in [-0.4, -0.2) is 7.11 Å². The van der Waals surface area contributed by atoms with Crippen LogP contribution >= 0.6 is 11.6 Å². The highest BCUT2D eigenvalue weighted by atomic mass is 35.5. The molecular formula is C13H9ClF2O. The molecule has 0 radical (unpaired) electrons. The summed E-state index contributed by atoms with van der Waals surface area (Å²) >= 11 is 5.91. The number of ether oxygens (including phenoxy) is 1. The molecule has 0 unspecified atom stereocenters. The largest absolute Gasteiger partial charge is 0.497 e. The monoisotopic (exact) mass is 254 g/mol. The van der Waals surface area contributed by atoms with Gasteiger partial charge in [-0.2, -0.15) is 0 Å². The fourth-order valence-electron chi connectivity index (χ4n) is 1.60. The van der Waals surface area contributed by atoms with Gasteiger partial charge >= 0.3 is 0 Å². The molecule has 2 aromatic rings. The van der Waals surface area contributed by atoms with E-state index in [1.165, 1.54) is 37.4 Å². The van der Waals surface area contributed by atoms with Crippen molar-refractivity contribution in [2.75, 3.05) is 7.11 Å². The first-order valence-corrected chi connectivity index (χ1v) is 5.28. The van der Waals surface area contributed by atoms with Gasteiger partial charge in [-0.05, 0) is 29.8 Å². The van der Waals surface area contributed by atoms with Crippen LogP contribution in [-0.2, 0) is 0 Å². The lowest BCUT2D eigenvalue weighted by Crippen LogP contribution is -1.90. The molecule has 4 heteroatoms. The van der Waals surface area contributed by atoms with Crippen molar-refractivity contribution in [2.45, 2.75) is 0 Å². The van der Waals surface area contributed by atoms with Gasteiger partial charge in [0.2, 0.25) is 0 Å². The Morgan fingerprint density at radius 1 is 1.12 bits per heavy atom. The summed E-state index contributed by atoms with van der Waals surface area (Å²) in [7, 11) is 1.42. The summed E-state index contributed by atoms with van der Waals surface area (Å²) in [6, 6.07) is 8.30. The van der Waals surface area contributed by atoms with E-state index in [2.05, 4.69) is 0 Å². The van der Waals surface area contributed by atoms with Gasteiger partial charge in [-0.1, -0.05) is 17.7 Å². The molecule has 0 amide bonds. The molecule has 0 spiro atoms. The fraction of sp³-hybridized carbons (Fsp3) is 0.0769. The minimum absolute atomic E-state index is 0.173. The summed E-state index contributed by atoms with van der Waals surface area (Å²) in [5.41, 5.74) is 0.525. The van der Waals surface area contributed by atoms with Gasteiger partial charge in [0.15, 0.2) is 0 Å². The first-order chi connectivity index (χ1) is 8.11. The van der Waals surface area contributed by atoms with Crippen LogP contribution in [0.25, 0.3) is 11.1 Å². The topological polar surface area (TPSA) is 9.23 Å². The second kappa shape index (κ2) is 4.72. The highest BCUT2D eigenvalue weighted by molar-refractivity contribution is 6.33. The van der Waals surface area contributed by atoms with Crippen LogP contribution < -0.4 is 4.74 Å². The highest BCUT2D eigenvalue weighted by Gasteiger charge is 2.11. The quantitative estimate of drug-likeness (QED) is 0.777. The standard InChI is InChI=1S/C13H9ClF2O/c1-17-10-6-8(5-9(15)7-10)13-11(14)3-2-4-12(13)16/h2-7H,1H3. The summed E-state index contributed by atoms with van der Waals surface area (Å²) in [4.78, 5) is 0. The van der Waals surface area contributed by atoms with E-state index in [0.29, 0.717) is 11.3 Å². The van der Waals surface area contributed by atoms with Crippen molar-refractivity contribution in [3.63, 3.8) is 0 Å². The van der Waals surface area contributed by atoms with E-state index in [1.54, 1.807) is 6.07 Å². The average molecular weight is 255 g/mol. The number of hydrogen-bond acceptors (Lipinski definition) is 1. The van der Waals surface area contributed by atoms with Crippen LogP contribution in [0.3, 0.4) is 0 Å².